The molecular formula is C20H20N4O3. The van der Waals surface area contributed by atoms with Crippen LogP contribution in [0.1, 0.15) is 13.8 Å². The van der Waals surface area contributed by atoms with Crippen LogP contribution >= 0.6 is 0 Å². The first-order chi connectivity index (χ1) is 13.0. The molecule has 1 aromatic heterocycles. The van der Waals surface area contributed by atoms with Gasteiger partial charge >= 0.3 is 0 Å². The molecule has 1 N–H and O–H groups in total. The maximum atomic E-state index is 12.8. The highest BCUT2D eigenvalue weighted by atomic mass is 16.5. The second-order valence-corrected chi connectivity index (χ2v) is 6.18. The second-order valence-electron chi connectivity index (χ2n) is 6.18. The lowest BCUT2D eigenvalue weighted by molar-refractivity contribution is -0.121. The Morgan fingerprint density at radius 2 is 1.78 bits per heavy atom. The van der Waals surface area contributed by atoms with Gasteiger partial charge in [-0.1, -0.05) is 18.2 Å². The van der Waals surface area contributed by atoms with E-state index in [4.69, 9.17) is 4.74 Å². The molecular weight excluding hydrogens is 344 g/mol. The summed E-state index contributed by atoms with van der Waals surface area (Å²) in [6, 6.07) is 14.6. The summed E-state index contributed by atoms with van der Waals surface area (Å²) in [5.74, 6) is 0.310. The molecule has 0 aliphatic carbocycles. The van der Waals surface area contributed by atoms with Gasteiger partial charge in [0.05, 0.1) is 18.2 Å². The predicted octanol–water partition coefficient (Wildman–Crippen LogP) is 2.58. The molecule has 0 aliphatic rings. The van der Waals surface area contributed by atoms with Gasteiger partial charge in [-0.2, -0.15) is 10.2 Å². The molecule has 138 valence electrons. The molecule has 27 heavy (non-hydrogen) atoms. The summed E-state index contributed by atoms with van der Waals surface area (Å²) in [4.78, 5) is 24.9. The lowest BCUT2D eigenvalue weighted by Crippen LogP contribution is -2.32. The number of nitrogens with one attached hydrogen (secondary N) is 1. The zero-order valence-corrected chi connectivity index (χ0v) is 15.4. The minimum atomic E-state index is -0.415. The van der Waals surface area contributed by atoms with E-state index in [2.05, 4.69) is 15.6 Å². The van der Waals surface area contributed by atoms with E-state index in [-0.39, 0.29) is 12.1 Å². The number of nitrogens with zero attached hydrogens (tertiary/aromatic N) is 3. The van der Waals surface area contributed by atoms with Crippen molar-refractivity contribution in [2.75, 3.05) is 7.11 Å². The fourth-order valence-electron chi connectivity index (χ4n) is 2.65. The zero-order valence-electron chi connectivity index (χ0n) is 15.4. The SMILES string of the molecule is COc1ccc(-c2nn(CC(=O)NN=C(C)C)c(=O)c3ccccc23)cc1. The Balaban J connectivity index is 2.09. The van der Waals surface area contributed by atoms with Crippen LogP contribution in [0, 0.1) is 0 Å². The van der Waals surface area contributed by atoms with Gasteiger partial charge in [0.15, 0.2) is 0 Å². The molecule has 0 bridgehead atoms. The number of hydrogen-bond donors (Lipinski definition) is 1. The number of fused-ring (bicyclic) bond motifs is 1. The third-order valence-electron chi connectivity index (χ3n) is 3.93. The van der Waals surface area contributed by atoms with E-state index < -0.39 is 5.91 Å². The first-order valence-electron chi connectivity index (χ1n) is 8.43. The monoisotopic (exact) mass is 364 g/mol. The summed E-state index contributed by atoms with van der Waals surface area (Å²) in [6.07, 6.45) is 0. The van der Waals surface area contributed by atoms with E-state index in [0.717, 1.165) is 21.4 Å². The van der Waals surface area contributed by atoms with Crippen LogP contribution < -0.4 is 15.7 Å². The molecule has 0 radical (unpaired) electrons. The molecule has 0 saturated heterocycles. The minimum absolute atomic E-state index is 0.219. The topological polar surface area (TPSA) is 85.6 Å². The van der Waals surface area contributed by atoms with Crippen LogP contribution in [0.4, 0.5) is 0 Å². The predicted molar refractivity (Wildman–Crippen MR) is 105 cm³/mol. The summed E-state index contributed by atoms with van der Waals surface area (Å²) in [7, 11) is 1.60. The highest BCUT2D eigenvalue weighted by Crippen LogP contribution is 2.26. The fraction of sp³-hybridized carbons (Fsp3) is 0.200. The van der Waals surface area contributed by atoms with E-state index >= 15 is 0 Å². The molecule has 1 amide bonds. The number of ether oxygens (including phenoxy) is 1. The number of methoxy groups -OCH3 is 1. The van der Waals surface area contributed by atoms with Crippen LogP contribution in [0.2, 0.25) is 0 Å². The quantitative estimate of drug-likeness (QED) is 0.557. The van der Waals surface area contributed by atoms with Crippen molar-refractivity contribution in [3.63, 3.8) is 0 Å². The average molecular weight is 364 g/mol. The van der Waals surface area contributed by atoms with Crippen molar-refractivity contribution < 1.29 is 9.53 Å². The van der Waals surface area contributed by atoms with Crippen molar-refractivity contribution in [1.29, 1.82) is 0 Å². The normalized spacial score (nSPS) is 10.5. The highest BCUT2D eigenvalue weighted by molar-refractivity contribution is 5.94. The molecule has 0 aliphatic heterocycles. The van der Waals surface area contributed by atoms with Gasteiger partial charge < -0.3 is 4.74 Å². The summed E-state index contributed by atoms with van der Waals surface area (Å²) in [5, 5.41) is 9.55. The molecule has 2 aromatic carbocycles. The number of amides is 1. The molecule has 1 heterocycles. The molecule has 0 fully saturated rings. The van der Waals surface area contributed by atoms with Gasteiger partial charge in [-0.05, 0) is 44.2 Å². The Morgan fingerprint density at radius 1 is 1.11 bits per heavy atom. The van der Waals surface area contributed by atoms with Crippen molar-refractivity contribution in [1.82, 2.24) is 15.2 Å². The molecule has 0 atom stereocenters. The summed E-state index contributed by atoms with van der Waals surface area (Å²) in [6.45, 7) is 3.31. The summed E-state index contributed by atoms with van der Waals surface area (Å²) in [5.41, 5.74) is 4.24. The van der Waals surface area contributed by atoms with E-state index in [9.17, 15) is 9.59 Å². The third kappa shape index (κ3) is 4.03. The molecule has 0 unspecified atom stereocenters. The van der Waals surface area contributed by atoms with Crippen LogP contribution in [0.15, 0.2) is 58.4 Å². The van der Waals surface area contributed by atoms with Crippen molar-refractivity contribution >= 4 is 22.4 Å². The van der Waals surface area contributed by atoms with Gasteiger partial charge in [0.25, 0.3) is 11.5 Å². The number of hydrazone groups is 1. The number of carbonyl (C=O) groups is 1. The van der Waals surface area contributed by atoms with Crippen molar-refractivity contribution in [2.24, 2.45) is 5.10 Å². The molecule has 0 saturated carbocycles. The summed E-state index contributed by atoms with van der Waals surface area (Å²) >= 11 is 0. The number of benzene rings is 2. The van der Waals surface area contributed by atoms with Crippen molar-refractivity contribution in [3.8, 4) is 17.0 Å². The smallest absolute Gasteiger partial charge is 0.275 e. The molecule has 7 heteroatoms. The van der Waals surface area contributed by atoms with Crippen LogP contribution in [0.3, 0.4) is 0 Å². The Labute approximate surface area is 156 Å². The van der Waals surface area contributed by atoms with Gasteiger partial charge in [0.1, 0.15) is 12.3 Å². The van der Waals surface area contributed by atoms with Gasteiger partial charge in [0, 0.05) is 16.7 Å². The first kappa shape index (κ1) is 18.3. The van der Waals surface area contributed by atoms with E-state index in [1.165, 1.54) is 0 Å². The Morgan fingerprint density at radius 3 is 2.41 bits per heavy atom. The van der Waals surface area contributed by atoms with Gasteiger partial charge in [-0.3, -0.25) is 9.59 Å². The van der Waals surface area contributed by atoms with Gasteiger partial charge in [-0.15, -0.1) is 0 Å². The third-order valence-corrected chi connectivity index (χ3v) is 3.93. The summed E-state index contributed by atoms with van der Waals surface area (Å²) < 4.78 is 6.36. The lowest BCUT2D eigenvalue weighted by atomic mass is 10.0. The number of hydrogen-bond acceptors (Lipinski definition) is 5. The van der Waals surface area contributed by atoms with Crippen LogP contribution in [0.5, 0.6) is 5.75 Å². The lowest BCUT2D eigenvalue weighted by Gasteiger charge is -2.11. The van der Waals surface area contributed by atoms with E-state index in [1.807, 2.05) is 36.4 Å². The van der Waals surface area contributed by atoms with E-state index in [0.29, 0.717) is 16.8 Å². The van der Waals surface area contributed by atoms with Crippen LogP contribution in [0.25, 0.3) is 22.0 Å². The molecule has 3 aromatic rings. The van der Waals surface area contributed by atoms with Crippen molar-refractivity contribution in [2.45, 2.75) is 20.4 Å². The molecule has 7 nitrogen and oxygen atoms in total. The number of rotatable bonds is 5. The fourth-order valence-corrected chi connectivity index (χ4v) is 2.65. The maximum absolute atomic E-state index is 12.8. The van der Waals surface area contributed by atoms with Gasteiger partial charge in [0.2, 0.25) is 0 Å². The zero-order chi connectivity index (χ0) is 19.4. The van der Waals surface area contributed by atoms with Crippen LogP contribution in [-0.4, -0.2) is 28.5 Å². The van der Waals surface area contributed by atoms with Crippen molar-refractivity contribution in [3.05, 3.63) is 58.9 Å². The first-order valence-corrected chi connectivity index (χ1v) is 8.43. The highest BCUT2D eigenvalue weighted by Gasteiger charge is 2.14. The van der Waals surface area contributed by atoms with Crippen LogP contribution in [-0.2, 0) is 11.3 Å². The minimum Gasteiger partial charge on any atom is -0.497 e. The Bertz CT molecular complexity index is 1060. The Hall–Kier alpha value is -3.48. The second kappa shape index (κ2) is 7.82. The number of carbonyl (C=O) groups excluding carboxylic acids is 1. The number of aromatic nitrogens is 2. The van der Waals surface area contributed by atoms with Gasteiger partial charge in [-0.25, -0.2) is 10.1 Å². The van der Waals surface area contributed by atoms with E-state index in [1.54, 1.807) is 33.1 Å². The standard InChI is InChI=1S/C20H20N4O3/c1-13(2)21-22-18(25)12-24-20(26)17-7-5-4-6-16(17)19(23-24)14-8-10-15(27-3)11-9-14/h4-11H,12H2,1-3H3,(H,22,25). The largest absolute Gasteiger partial charge is 0.497 e. The average Bonchev–Trinajstić information content (AvgIpc) is 2.69. The molecule has 0 spiro atoms. The molecule has 3 rings (SSSR count). The Kier molecular flexibility index (Phi) is 5.30. The maximum Gasteiger partial charge on any atom is 0.275 e.